The highest BCUT2D eigenvalue weighted by Crippen LogP contribution is 2.35. The van der Waals surface area contributed by atoms with Crippen molar-refractivity contribution < 1.29 is 19.1 Å². The van der Waals surface area contributed by atoms with E-state index in [4.69, 9.17) is 9.47 Å². The zero-order valence-electron chi connectivity index (χ0n) is 22.2. The summed E-state index contributed by atoms with van der Waals surface area (Å²) < 4.78 is 11.2. The Kier molecular flexibility index (Phi) is 18.5. The quantitative estimate of drug-likeness (QED) is 0.133. The van der Waals surface area contributed by atoms with Crippen LogP contribution in [0.3, 0.4) is 0 Å². The molecule has 0 aromatic rings. The van der Waals surface area contributed by atoms with Gasteiger partial charge >= 0.3 is 11.9 Å². The number of carbonyl (C=O) groups excluding carboxylic acids is 2. The highest BCUT2D eigenvalue weighted by molar-refractivity contribution is 5.82. The molecule has 1 aliphatic rings. The molecule has 1 aliphatic carbocycles. The van der Waals surface area contributed by atoms with Crippen molar-refractivity contribution >= 4 is 11.9 Å². The summed E-state index contributed by atoms with van der Waals surface area (Å²) in [5.74, 6) is -0.546. The molecule has 33 heavy (non-hydrogen) atoms. The van der Waals surface area contributed by atoms with E-state index in [1.54, 1.807) is 0 Å². The van der Waals surface area contributed by atoms with E-state index in [0.717, 1.165) is 44.9 Å². The number of esters is 2. The first-order chi connectivity index (χ1) is 16.1. The Morgan fingerprint density at radius 3 is 1.42 bits per heavy atom. The minimum absolute atomic E-state index is 0.182. The van der Waals surface area contributed by atoms with Crippen molar-refractivity contribution in [3.8, 4) is 0 Å². The lowest BCUT2D eigenvalue weighted by Gasteiger charge is -2.31. The standard InChI is InChI=1S/C29H54O4/c1-4-6-8-10-12-14-16-18-22-32-28(30)26-21-20-25(3)24-27(26)29(31)33-23-19-17-15-13-11-9-7-5-2/h25-27H,4-24H2,1-3H3. The first-order valence-corrected chi connectivity index (χ1v) is 14.4. The van der Waals surface area contributed by atoms with Crippen LogP contribution in [0, 0.1) is 17.8 Å². The summed E-state index contributed by atoms with van der Waals surface area (Å²) in [6, 6.07) is 0. The minimum atomic E-state index is -0.325. The molecule has 0 heterocycles. The second-order valence-electron chi connectivity index (χ2n) is 10.4. The SMILES string of the molecule is CCCCCCCCCCOC(=O)C1CCC(C)CC1C(=O)OCCCCCCCCCC. The van der Waals surface area contributed by atoms with Gasteiger partial charge in [-0.15, -0.1) is 0 Å². The zero-order valence-corrected chi connectivity index (χ0v) is 22.2. The van der Waals surface area contributed by atoms with Crippen LogP contribution in [0.1, 0.15) is 143 Å². The smallest absolute Gasteiger partial charge is 0.309 e. The van der Waals surface area contributed by atoms with Crippen LogP contribution in [-0.4, -0.2) is 25.2 Å². The van der Waals surface area contributed by atoms with Gasteiger partial charge < -0.3 is 9.47 Å². The molecule has 1 saturated carbocycles. The molecule has 3 atom stereocenters. The van der Waals surface area contributed by atoms with Crippen LogP contribution in [0.15, 0.2) is 0 Å². The van der Waals surface area contributed by atoms with Gasteiger partial charge in [0.25, 0.3) is 0 Å². The normalized spacial score (nSPS) is 20.5. The van der Waals surface area contributed by atoms with E-state index in [0.29, 0.717) is 19.1 Å². The van der Waals surface area contributed by atoms with E-state index >= 15 is 0 Å². The van der Waals surface area contributed by atoms with Gasteiger partial charge in [-0.05, 0) is 38.0 Å². The summed E-state index contributed by atoms with van der Waals surface area (Å²) in [6.07, 6.45) is 22.1. The van der Waals surface area contributed by atoms with Gasteiger partial charge in [0, 0.05) is 0 Å². The Hall–Kier alpha value is -1.06. The van der Waals surface area contributed by atoms with Crippen molar-refractivity contribution in [1.82, 2.24) is 0 Å². The fourth-order valence-corrected chi connectivity index (χ4v) is 4.95. The van der Waals surface area contributed by atoms with Crippen LogP contribution >= 0.6 is 0 Å². The van der Waals surface area contributed by atoms with E-state index in [2.05, 4.69) is 20.8 Å². The minimum Gasteiger partial charge on any atom is -0.465 e. The summed E-state index contributed by atoms with van der Waals surface area (Å²) in [5, 5.41) is 0. The molecule has 4 nitrogen and oxygen atoms in total. The molecule has 0 amide bonds. The van der Waals surface area contributed by atoms with Gasteiger partial charge in [-0.3, -0.25) is 9.59 Å². The fourth-order valence-electron chi connectivity index (χ4n) is 4.95. The third-order valence-corrected chi connectivity index (χ3v) is 7.20. The maximum Gasteiger partial charge on any atom is 0.309 e. The molecule has 0 N–H and O–H groups in total. The second kappa shape index (κ2) is 20.3. The maximum atomic E-state index is 12.8. The van der Waals surface area contributed by atoms with Crippen molar-refractivity contribution in [3.05, 3.63) is 0 Å². The topological polar surface area (TPSA) is 52.6 Å². The molecular weight excluding hydrogens is 412 g/mol. The molecule has 194 valence electrons. The predicted octanol–water partition coefficient (Wildman–Crippen LogP) is 8.41. The van der Waals surface area contributed by atoms with Gasteiger partial charge in [-0.1, -0.05) is 111 Å². The molecule has 0 bridgehead atoms. The largest absolute Gasteiger partial charge is 0.465 e. The van der Waals surface area contributed by atoms with Gasteiger partial charge in [0.1, 0.15) is 0 Å². The highest BCUT2D eigenvalue weighted by Gasteiger charge is 2.40. The van der Waals surface area contributed by atoms with Crippen LogP contribution in [0.4, 0.5) is 0 Å². The predicted molar refractivity (Wildman–Crippen MR) is 137 cm³/mol. The molecule has 0 radical (unpaired) electrons. The number of rotatable bonds is 20. The van der Waals surface area contributed by atoms with Gasteiger partial charge in [0.15, 0.2) is 0 Å². The Balaban J connectivity index is 2.22. The van der Waals surface area contributed by atoms with Crippen molar-refractivity contribution in [2.24, 2.45) is 17.8 Å². The number of carbonyl (C=O) groups is 2. The third kappa shape index (κ3) is 14.7. The lowest BCUT2D eigenvalue weighted by atomic mass is 9.74. The van der Waals surface area contributed by atoms with Crippen LogP contribution in [0.25, 0.3) is 0 Å². The molecule has 3 unspecified atom stereocenters. The fraction of sp³-hybridized carbons (Fsp3) is 0.931. The lowest BCUT2D eigenvalue weighted by molar-refractivity contribution is -0.163. The molecule has 0 aromatic carbocycles. The number of hydrogen-bond acceptors (Lipinski definition) is 4. The van der Waals surface area contributed by atoms with E-state index in [9.17, 15) is 9.59 Å². The zero-order chi connectivity index (χ0) is 24.2. The molecule has 1 rings (SSSR count). The van der Waals surface area contributed by atoms with E-state index in [-0.39, 0.29) is 23.8 Å². The Morgan fingerprint density at radius 2 is 0.970 bits per heavy atom. The highest BCUT2D eigenvalue weighted by atomic mass is 16.5. The lowest BCUT2D eigenvalue weighted by Crippen LogP contribution is -2.37. The second-order valence-corrected chi connectivity index (χ2v) is 10.4. The van der Waals surface area contributed by atoms with E-state index < -0.39 is 0 Å². The molecule has 0 saturated heterocycles. The summed E-state index contributed by atoms with van der Waals surface area (Å²) in [4.78, 5) is 25.5. The van der Waals surface area contributed by atoms with Gasteiger partial charge in [0.05, 0.1) is 25.0 Å². The molecule has 0 aromatic heterocycles. The van der Waals surface area contributed by atoms with Crippen LogP contribution in [-0.2, 0) is 19.1 Å². The number of unbranched alkanes of at least 4 members (excludes halogenated alkanes) is 14. The summed E-state index contributed by atoms with van der Waals surface area (Å²) in [5.41, 5.74) is 0. The molecule has 4 heteroatoms. The number of hydrogen-bond donors (Lipinski definition) is 0. The first-order valence-electron chi connectivity index (χ1n) is 14.4. The molecule has 0 aliphatic heterocycles. The Morgan fingerprint density at radius 1 is 0.576 bits per heavy atom. The average Bonchev–Trinajstić information content (AvgIpc) is 2.81. The first kappa shape index (κ1) is 30.0. The van der Waals surface area contributed by atoms with Crippen molar-refractivity contribution in [2.75, 3.05) is 13.2 Å². The van der Waals surface area contributed by atoms with Gasteiger partial charge in [-0.2, -0.15) is 0 Å². The van der Waals surface area contributed by atoms with Crippen molar-refractivity contribution in [3.63, 3.8) is 0 Å². The Bertz CT molecular complexity index is 490. The van der Waals surface area contributed by atoms with E-state index in [1.165, 1.54) is 77.0 Å². The molecular formula is C29H54O4. The Labute approximate surface area is 205 Å². The van der Waals surface area contributed by atoms with Crippen molar-refractivity contribution in [1.29, 1.82) is 0 Å². The third-order valence-electron chi connectivity index (χ3n) is 7.20. The molecule has 0 spiro atoms. The summed E-state index contributed by atoms with van der Waals surface area (Å²) in [6.45, 7) is 7.62. The van der Waals surface area contributed by atoms with Crippen LogP contribution < -0.4 is 0 Å². The van der Waals surface area contributed by atoms with Gasteiger partial charge in [-0.25, -0.2) is 0 Å². The van der Waals surface area contributed by atoms with Crippen LogP contribution in [0.5, 0.6) is 0 Å². The summed E-state index contributed by atoms with van der Waals surface area (Å²) in [7, 11) is 0. The van der Waals surface area contributed by atoms with Gasteiger partial charge in [0.2, 0.25) is 0 Å². The number of ether oxygens (including phenoxy) is 2. The maximum absolute atomic E-state index is 12.8. The van der Waals surface area contributed by atoms with Crippen molar-refractivity contribution in [2.45, 2.75) is 143 Å². The van der Waals surface area contributed by atoms with Crippen LogP contribution in [0.2, 0.25) is 0 Å². The molecule has 1 fully saturated rings. The summed E-state index contributed by atoms with van der Waals surface area (Å²) >= 11 is 0. The monoisotopic (exact) mass is 466 g/mol. The van der Waals surface area contributed by atoms with E-state index in [1.807, 2.05) is 0 Å². The average molecular weight is 467 g/mol.